The third-order valence-corrected chi connectivity index (χ3v) is 5.55. The van der Waals surface area contributed by atoms with Crippen LogP contribution in [0, 0.1) is 13.8 Å². The van der Waals surface area contributed by atoms with Gasteiger partial charge in [0.25, 0.3) is 0 Å². The van der Waals surface area contributed by atoms with Gasteiger partial charge in [0.15, 0.2) is 11.5 Å². The number of aryl methyl sites for hydroxylation is 2. The lowest BCUT2D eigenvalue weighted by Crippen LogP contribution is -2.44. The van der Waals surface area contributed by atoms with Crippen molar-refractivity contribution in [2.75, 3.05) is 18.8 Å². The molecule has 1 aromatic carbocycles. The van der Waals surface area contributed by atoms with Crippen molar-refractivity contribution < 1.29 is 9.53 Å². The van der Waals surface area contributed by atoms with E-state index in [2.05, 4.69) is 47.0 Å². The van der Waals surface area contributed by atoms with E-state index in [1.54, 1.807) is 10.9 Å². The fourth-order valence-electron chi connectivity index (χ4n) is 3.74. The maximum absolute atomic E-state index is 13.1. The van der Waals surface area contributed by atoms with Crippen molar-refractivity contribution in [2.45, 2.75) is 45.8 Å². The molecule has 0 saturated carbocycles. The lowest BCUT2D eigenvalue weighted by molar-refractivity contribution is -0.136. The highest BCUT2D eigenvalue weighted by atomic mass is 16.5. The fourth-order valence-corrected chi connectivity index (χ4v) is 3.74. The first-order chi connectivity index (χ1) is 13.9. The SMILES string of the molecule is Cc1ccc(C)c(OC2CCN(C(=O)C(C)n3cnc4c(N)ncnc43)CC2)c1. The summed E-state index contributed by atoms with van der Waals surface area (Å²) in [6, 6.07) is 5.83. The van der Waals surface area contributed by atoms with Crippen molar-refractivity contribution in [3.8, 4) is 5.75 Å². The maximum atomic E-state index is 13.1. The Bertz CT molecular complexity index is 1040. The number of benzene rings is 1. The van der Waals surface area contributed by atoms with E-state index in [-0.39, 0.29) is 12.0 Å². The van der Waals surface area contributed by atoms with Gasteiger partial charge in [0.05, 0.1) is 6.33 Å². The molecule has 0 aliphatic carbocycles. The molecular formula is C21H26N6O2. The van der Waals surface area contributed by atoms with E-state index in [9.17, 15) is 4.79 Å². The van der Waals surface area contributed by atoms with Gasteiger partial charge in [-0.1, -0.05) is 12.1 Å². The Labute approximate surface area is 169 Å². The average Bonchev–Trinajstić information content (AvgIpc) is 3.16. The minimum atomic E-state index is -0.411. The molecule has 4 rings (SSSR count). The van der Waals surface area contributed by atoms with Gasteiger partial charge < -0.3 is 19.9 Å². The second-order valence-corrected chi connectivity index (χ2v) is 7.67. The maximum Gasteiger partial charge on any atom is 0.245 e. The number of anilines is 1. The minimum Gasteiger partial charge on any atom is -0.490 e. The summed E-state index contributed by atoms with van der Waals surface area (Å²) in [5, 5.41) is 0. The standard InChI is InChI=1S/C21H26N6O2/c1-13-4-5-14(2)17(10-13)29-16-6-8-26(9-7-16)21(28)15(3)27-12-25-18-19(22)23-11-24-20(18)27/h4-5,10-12,15-16H,6-9H2,1-3H3,(H2,22,23,24). The molecule has 1 fully saturated rings. The van der Waals surface area contributed by atoms with E-state index in [0.29, 0.717) is 30.1 Å². The van der Waals surface area contributed by atoms with Crippen molar-refractivity contribution in [1.82, 2.24) is 24.4 Å². The fraction of sp³-hybridized carbons (Fsp3) is 0.429. The number of fused-ring (bicyclic) bond motifs is 1. The van der Waals surface area contributed by atoms with Gasteiger partial charge in [0.1, 0.15) is 29.7 Å². The monoisotopic (exact) mass is 394 g/mol. The Kier molecular flexibility index (Phi) is 5.08. The summed E-state index contributed by atoms with van der Waals surface area (Å²) < 4.78 is 7.97. The molecule has 1 amide bonds. The van der Waals surface area contributed by atoms with E-state index in [4.69, 9.17) is 10.5 Å². The first kappa shape index (κ1) is 19.2. The van der Waals surface area contributed by atoms with Crippen LogP contribution in [-0.2, 0) is 4.79 Å². The first-order valence-corrected chi connectivity index (χ1v) is 9.89. The van der Waals surface area contributed by atoms with Crippen LogP contribution in [0.5, 0.6) is 5.75 Å². The molecule has 3 heterocycles. The van der Waals surface area contributed by atoms with Crippen molar-refractivity contribution in [3.63, 3.8) is 0 Å². The molecule has 1 aliphatic rings. The van der Waals surface area contributed by atoms with Gasteiger partial charge >= 0.3 is 0 Å². The summed E-state index contributed by atoms with van der Waals surface area (Å²) in [7, 11) is 0. The van der Waals surface area contributed by atoms with Crippen LogP contribution in [0.25, 0.3) is 11.2 Å². The van der Waals surface area contributed by atoms with E-state index in [1.807, 2.05) is 11.8 Å². The van der Waals surface area contributed by atoms with Crippen LogP contribution in [0.4, 0.5) is 5.82 Å². The van der Waals surface area contributed by atoms with Gasteiger partial charge in [-0.05, 0) is 38.0 Å². The summed E-state index contributed by atoms with van der Waals surface area (Å²) in [5.41, 5.74) is 9.27. The Balaban J connectivity index is 1.41. The summed E-state index contributed by atoms with van der Waals surface area (Å²) in [6.45, 7) is 7.32. The molecule has 1 aliphatic heterocycles. The molecule has 29 heavy (non-hydrogen) atoms. The Morgan fingerprint density at radius 1 is 1.21 bits per heavy atom. The van der Waals surface area contributed by atoms with Crippen LogP contribution in [0.2, 0.25) is 0 Å². The highest BCUT2D eigenvalue weighted by Gasteiger charge is 2.29. The molecule has 0 bridgehead atoms. The van der Waals surface area contributed by atoms with Crippen molar-refractivity contribution in [3.05, 3.63) is 42.0 Å². The van der Waals surface area contributed by atoms with Crippen LogP contribution >= 0.6 is 0 Å². The number of carbonyl (C=O) groups is 1. The topological polar surface area (TPSA) is 99.2 Å². The van der Waals surface area contributed by atoms with Gasteiger partial charge in [-0.15, -0.1) is 0 Å². The Morgan fingerprint density at radius 3 is 2.72 bits per heavy atom. The summed E-state index contributed by atoms with van der Waals surface area (Å²) >= 11 is 0. The second-order valence-electron chi connectivity index (χ2n) is 7.67. The second kappa shape index (κ2) is 7.69. The van der Waals surface area contributed by atoms with E-state index in [1.165, 1.54) is 11.9 Å². The van der Waals surface area contributed by atoms with Crippen LogP contribution in [-0.4, -0.2) is 49.5 Å². The number of aromatic nitrogens is 4. The van der Waals surface area contributed by atoms with E-state index in [0.717, 1.165) is 24.2 Å². The number of hydrogen-bond donors (Lipinski definition) is 1. The number of hydrogen-bond acceptors (Lipinski definition) is 6. The normalized spacial score (nSPS) is 16.2. The molecule has 152 valence electrons. The first-order valence-electron chi connectivity index (χ1n) is 9.89. The smallest absolute Gasteiger partial charge is 0.245 e. The molecule has 0 spiro atoms. The summed E-state index contributed by atoms with van der Waals surface area (Å²) in [6.07, 6.45) is 4.74. The lowest BCUT2D eigenvalue weighted by atomic mass is 10.1. The van der Waals surface area contributed by atoms with Crippen molar-refractivity contribution >= 4 is 22.9 Å². The van der Waals surface area contributed by atoms with E-state index >= 15 is 0 Å². The number of imidazole rings is 1. The van der Waals surface area contributed by atoms with Crippen LogP contribution in [0.1, 0.15) is 36.9 Å². The quantitative estimate of drug-likeness (QED) is 0.730. The number of nitrogens with zero attached hydrogens (tertiary/aromatic N) is 5. The highest BCUT2D eigenvalue weighted by Crippen LogP contribution is 2.25. The predicted octanol–water partition coefficient (Wildman–Crippen LogP) is 2.66. The zero-order valence-corrected chi connectivity index (χ0v) is 17.0. The predicted molar refractivity (Wildman–Crippen MR) is 111 cm³/mol. The summed E-state index contributed by atoms with van der Waals surface area (Å²) in [4.78, 5) is 27.4. The Hall–Kier alpha value is -3.16. The minimum absolute atomic E-state index is 0.0478. The summed E-state index contributed by atoms with van der Waals surface area (Å²) in [5.74, 6) is 1.30. The molecular weight excluding hydrogens is 368 g/mol. The number of rotatable bonds is 4. The number of amides is 1. The van der Waals surface area contributed by atoms with Crippen LogP contribution in [0.3, 0.4) is 0 Å². The molecule has 3 aromatic rings. The number of ether oxygens (including phenoxy) is 1. The molecule has 1 saturated heterocycles. The van der Waals surface area contributed by atoms with Gasteiger partial charge in [-0.3, -0.25) is 4.79 Å². The molecule has 0 radical (unpaired) electrons. The third-order valence-electron chi connectivity index (χ3n) is 5.55. The third kappa shape index (κ3) is 3.74. The molecule has 8 nitrogen and oxygen atoms in total. The largest absolute Gasteiger partial charge is 0.490 e. The van der Waals surface area contributed by atoms with Crippen molar-refractivity contribution in [2.24, 2.45) is 0 Å². The number of nitrogen functional groups attached to an aromatic ring is 1. The molecule has 2 aromatic heterocycles. The number of carbonyl (C=O) groups excluding carboxylic acids is 1. The zero-order valence-electron chi connectivity index (χ0n) is 17.0. The van der Waals surface area contributed by atoms with Crippen LogP contribution < -0.4 is 10.5 Å². The van der Waals surface area contributed by atoms with Gasteiger partial charge in [0.2, 0.25) is 5.91 Å². The van der Waals surface area contributed by atoms with Crippen LogP contribution in [0.15, 0.2) is 30.9 Å². The van der Waals surface area contributed by atoms with Gasteiger partial charge in [-0.25, -0.2) is 15.0 Å². The highest BCUT2D eigenvalue weighted by molar-refractivity contribution is 5.85. The zero-order chi connectivity index (χ0) is 20.5. The number of likely N-dealkylation sites (tertiary alicyclic amines) is 1. The molecule has 1 unspecified atom stereocenters. The van der Waals surface area contributed by atoms with Gasteiger partial charge in [-0.2, -0.15) is 0 Å². The molecule has 1 atom stereocenters. The van der Waals surface area contributed by atoms with E-state index < -0.39 is 6.04 Å². The lowest BCUT2D eigenvalue weighted by Gasteiger charge is -2.34. The molecule has 8 heteroatoms. The average molecular weight is 394 g/mol. The number of piperidine rings is 1. The Morgan fingerprint density at radius 2 is 1.97 bits per heavy atom. The van der Waals surface area contributed by atoms with Crippen molar-refractivity contribution in [1.29, 1.82) is 0 Å². The number of nitrogens with two attached hydrogens (primary N) is 1. The molecule has 2 N–H and O–H groups in total. The van der Waals surface area contributed by atoms with Gasteiger partial charge in [0, 0.05) is 25.9 Å².